The van der Waals surface area contributed by atoms with Crippen molar-refractivity contribution < 1.29 is 22.7 Å². The highest BCUT2D eigenvalue weighted by atomic mass is 32.1. The molecule has 0 spiro atoms. The smallest absolute Gasteiger partial charge is 0.387 e. The molecule has 22 heavy (non-hydrogen) atoms. The molecule has 0 bridgehead atoms. The number of hydrogen-bond acceptors (Lipinski definition) is 4. The van der Waals surface area contributed by atoms with Crippen LogP contribution in [0.5, 0.6) is 5.75 Å². The molecule has 0 aliphatic rings. The second kappa shape index (κ2) is 7.36. The number of thiocarbonyl (C=S) groups is 1. The van der Waals surface area contributed by atoms with Crippen molar-refractivity contribution in [1.29, 1.82) is 0 Å². The zero-order valence-corrected chi connectivity index (χ0v) is 11.8. The van der Waals surface area contributed by atoms with Gasteiger partial charge in [0.25, 0.3) is 0 Å². The first kappa shape index (κ1) is 15.7. The number of ether oxygens (including phenoxy) is 1. The summed E-state index contributed by atoms with van der Waals surface area (Å²) in [4.78, 5) is 11.6. The van der Waals surface area contributed by atoms with Gasteiger partial charge in [0, 0.05) is 5.69 Å². The molecule has 0 saturated carbocycles. The van der Waals surface area contributed by atoms with Gasteiger partial charge in [-0.05, 0) is 48.6 Å². The lowest BCUT2D eigenvalue weighted by atomic mass is 10.3. The van der Waals surface area contributed by atoms with Crippen molar-refractivity contribution in [2.45, 2.75) is 6.61 Å². The topological polar surface area (TPSA) is 75.5 Å². The summed E-state index contributed by atoms with van der Waals surface area (Å²) in [5, 5.41) is 2.87. The van der Waals surface area contributed by atoms with Crippen LogP contribution in [0.25, 0.3) is 0 Å². The second-order valence-electron chi connectivity index (χ2n) is 3.91. The van der Waals surface area contributed by atoms with Gasteiger partial charge >= 0.3 is 12.5 Å². The predicted molar refractivity (Wildman–Crippen MR) is 78.6 cm³/mol. The van der Waals surface area contributed by atoms with Crippen LogP contribution in [0.4, 0.5) is 14.5 Å². The van der Waals surface area contributed by atoms with E-state index in [0.29, 0.717) is 5.69 Å². The molecule has 6 nitrogen and oxygen atoms in total. The van der Waals surface area contributed by atoms with E-state index in [2.05, 4.69) is 20.9 Å². The molecular weight excluding hydrogens is 316 g/mol. The van der Waals surface area contributed by atoms with Gasteiger partial charge in [0.2, 0.25) is 0 Å². The highest BCUT2D eigenvalue weighted by Gasteiger charge is 2.08. The maximum atomic E-state index is 12.0. The van der Waals surface area contributed by atoms with Crippen LogP contribution in [-0.4, -0.2) is 17.6 Å². The molecule has 2 aromatic rings. The van der Waals surface area contributed by atoms with Crippen molar-refractivity contribution in [1.82, 2.24) is 10.9 Å². The molecule has 3 N–H and O–H groups in total. The lowest BCUT2D eigenvalue weighted by Gasteiger charge is -2.11. The highest BCUT2D eigenvalue weighted by Crippen LogP contribution is 2.17. The second-order valence-corrected chi connectivity index (χ2v) is 4.32. The van der Waals surface area contributed by atoms with Gasteiger partial charge in [0.05, 0.1) is 6.26 Å². The fraction of sp³-hybridized carbons (Fsp3) is 0.0769. The maximum absolute atomic E-state index is 12.0. The summed E-state index contributed by atoms with van der Waals surface area (Å²) in [7, 11) is 0. The summed E-state index contributed by atoms with van der Waals surface area (Å²) in [6.07, 6.45) is 1.37. The van der Waals surface area contributed by atoms with Gasteiger partial charge < -0.3 is 14.5 Å². The largest absolute Gasteiger partial charge is 0.459 e. The van der Waals surface area contributed by atoms with Crippen molar-refractivity contribution in [3.63, 3.8) is 0 Å². The van der Waals surface area contributed by atoms with E-state index in [-0.39, 0.29) is 16.6 Å². The normalized spacial score (nSPS) is 10.1. The Morgan fingerprint density at radius 1 is 1.18 bits per heavy atom. The molecule has 0 fully saturated rings. The minimum atomic E-state index is -2.88. The van der Waals surface area contributed by atoms with E-state index in [9.17, 15) is 13.6 Å². The lowest BCUT2D eigenvalue weighted by molar-refractivity contribution is -0.0498. The zero-order valence-electron chi connectivity index (χ0n) is 11.0. The van der Waals surface area contributed by atoms with Crippen LogP contribution in [0.3, 0.4) is 0 Å². The van der Waals surface area contributed by atoms with Crippen LogP contribution >= 0.6 is 12.2 Å². The van der Waals surface area contributed by atoms with E-state index in [1.165, 1.54) is 36.6 Å². The Bertz CT molecular complexity index is 632. The summed E-state index contributed by atoms with van der Waals surface area (Å²) in [6, 6.07) is 8.79. The Morgan fingerprint density at radius 3 is 2.50 bits per heavy atom. The summed E-state index contributed by atoms with van der Waals surface area (Å²) in [6.45, 7) is -2.88. The minimum Gasteiger partial charge on any atom is -0.459 e. The van der Waals surface area contributed by atoms with Gasteiger partial charge in [-0.3, -0.25) is 15.6 Å². The number of benzene rings is 1. The van der Waals surface area contributed by atoms with Gasteiger partial charge in [-0.25, -0.2) is 0 Å². The monoisotopic (exact) mass is 327 g/mol. The number of hydrogen-bond donors (Lipinski definition) is 3. The van der Waals surface area contributed by atoms with Crippen molar-refractivity contribution in [2.75, 3.05) is 5.32 Å². The van der Waals surface area contributed by atoms with Crippen LogP contribution in [0, 0.1) is 0 Å². The Kier molecular flexibility index (Phi) is 5.26. The van der Waals surface area contributed by atoms with Crippen molar-refractivity contribution in [3.05, 3.63) is 48.4 Å². The van der Waals surface area contributed by atoms with E-state index in [4.69, 9.17) is 16.6 Å². The van der Waals surface area contributed by atoms with Gasteiger partial charge in [-0.15, -0.1) is 0 Å². The number of anilines is 1. The Morgan fingerprint density at radius 2 is 1.91 bits per heavy atom. The summed E-state index contributed by atoms with van der Waals surface area (Å²) >= 11 is 4.97. The van der Waals surface area contributed by atoms with Gasteiger partial charge in [0.1, 0.15) is 5.75 Å². The SMILES string of the molecule is O=C(NNC(=S)Nc1ccc(OC(F)F)cc1)c1ccco1. The number of halogens is 2. The number of hydrazine groups is 1. The molecule has 1 amide bonds. The predicted octanol–water partition coefficient (Wildman–Crippen LogP) is 2.51. The van der Waals surface area contributed by atoms with Crippen LogP contribution in [0.2, 0.25) is 0 Å². The van der Waals surface area contributed by atoms with E-state index in [1.807, 2.05) is 0 Å². The van der Waals surface area contributed by atoms with Crippen molar-refractivity contribution in [3.8, 4) is 5.75 Å². The fourth-order valence-electron chi connectivity index (χ4n) is 1.46. The van der Waals surface area contributed by atoms with Gasteiger partial charge in [-0.1, -0.05) is 0 Å². The summed E-state index contributed by atoms with van der Waals surface area (Å²) in [5.74, 6) is -0.329. The van der Waals surface area contributed by atoms with Crippen LogP contribution in [0.15, 0.2) is 47.1 Å². The van der Waals surface area contributed by atoms with Gasteiger partial charge in [0.15, 0.2) is 10.9 Å². The number of rotatable bonds is 4. The molecule has 0 aliphatic heterocycles. The first-order valence-electron chi connectivity index (χ1n) is 6.00. The number of carbonyl (C=O) groups excluding carboxylic acids is 1. The van der Waals surface area contributed by atoms with Crippen LogP contribution < -0.4 is 20.9 Å². The molecule has 0 atom stereocenters. The minimum absolute atomic E-state index is 0.0329. The van der Waals surface area contributed by atoms with Crippen LogP contribution in [-0.2, 0) is 0 Å². The van der Waals surface area contributed by atoms with Crippen molar-refractivity contribution >= 4 is 28.9 Å². The molecular formula is C13H11F2N3O3S. The zero-order chi connectivity index (χ0) is 15.9. The highest BCUT2D eigenvalue weighted by molar-refractivity contribution is 7.80. The maximum Gasteiger partial charge on any atom is 0.387 e. The Hall–Kier alpha value is -2.68. The number of nitrogens with one attached hydrogen (secondary N) is 3. The first-order chi connectivity index (χ1) is 10.5. The average molecular weight is 327 g/mol. The van der Waals surface area contributed by atoms with E-state index < -0.39 is 12.5 Å². The molecule has 0 saturated heterocycles. The Labute approximate surface area is 129 Å². The number of amides is 1. The quantitative estimate of drug-likeness (QED) is 0.592. The third-order valence-corrected chi connectivity index (χ3v) is 2.58. The van der Waals surface area contributed by atoms with E-state index in [1.54, 1.807) is 6.07 Å². The standard InChI is InChI=1S/C13H11F2N3O3S/c14-12(15)21-9-5-3-8(4-6-9)16-13(22)18-17-11(19)10-2-1-7-20-10/h1-7,12H,(H,17,19)(H2,16,18,22). The van der Waals surface area contributed by atoms with E-state index >= 15 is 0 Å². The van der Waals surface area contributed by atoms with Gasteiger partial charge in [-0.2, -0.15) is 8.78 Å². The summed E-state index contributed by atoms with van der Waals surface area (Å²) < 4.78 is 33.1. The van der Waals surface area contributed by atoms with E-state index in [0.717, 1.165) is 0 Å². The van der Waals surface area contributed by atoms with Crippen molar-refractivity contribution in [2.24, 2.45) is 0 Å². The number of furan rings is 1. The first-order valence-corrected chi connectivity index (χ1v) is 6.41. The van der Waals surface area contributed by atoms with Crippen LogP contribution in [0.1, 0.15) is 10.6 Å². The molecule has 2 rings (SSSR count). The number of carbonyl (C=O) groups is 1. The molecule has 0 aliphatic carbocycles. The summed E-state index contributed by atoms with van der Waals surface area (Å²) in [5.41, 5.74) is 5.34. The third-order valence-electron chi connectivity index (χ3n) is 2.37. The fourth-order valence-corrected chi connectivity index (χ4v) is 1.63. The Balaban J connectivity index is 1.80. The average Bonchev–Trinajstić information content (AvgIpc) is 3.00. The lowest BCUT2D eigenvalue weighted by Crippen LogP contribution is -2.43. The molecule has 0 radical (unpaired) electrons. The number of alkyl halides is 2. The third kappa shape index (κ3) is 4.70. The molecule has 1 heterocycles. The molecule has 0 unspecified atom stereocenters. The molecule has 1 aromatic heterocycles. The molecule has 1 aromatic carbocycles. The molecule has 116 valence electrons. The molecule has 9 heteroatoms.